The van der Waals surface area contributed by atoms with E-state index in [4.69, 9.17) is 9.88 Å². The topological polar surface area (TPSA) is 100 Å². The Morgan fingerprint density at radius 2 is 1.73 bits per heavy atom. The van der Waals surface area contributed by atoms with Crippen LogP contribution in [0.25, 0.3) is 17.1 Å². The summed E-state index contributed by atoms with van der Waals surface area (Å²) < 4.78 is 30.0. The third-order valence-corrected chi connectivity index (χ3v) is 5.42. The third-order valence-electron chi connectivity index (χ3n) is 3.68. The molecule has 0 saturated carbocycles. The number of ether oxygens (including phenoxy) is 1. The second kappa shape index (κ2) is 7.48. The second-order valence-electron chi connectivity index (χ2n) is 5.34. The molecular formula is C17H18N4O3S2. The van der Waals surface area contributed by atoms with E-state index in [1.165, 1.54) is 12.1 Å². The van der Waals surface area contributed by atoms with Gasteiger partial charge in [0.25, 0.3) is 0 Å². The van der Waals surface area contributed by atoms with Crippen molar-refractivity contribution in [3.8, 4) is 22.8 Å². The van der Waals surface area contributed by atoms with Gasteiger partial charge in [-0.1, -0.05) is 18.7 Å². The molecule has 0 aliphatic heterocycles. The molecule has 1 aromatic heterocycles. The predicted molar refractivity (Wildman–Crippen MR) is 101 cm³/mol. The number of nitrogens with two attached hydrogens (primary N) is 1. The molecule has 1 heterocycles. The summed E-state index contributed by atoms with van der Waals surface area (Å²) in [5, 5.41) is 14.5. The number of nitrogens with zero attached hydrogens (tertiary/aromatic N) is 3. The Labute approximate surface area is 156 Å². The van der Waals surface area contributed by atoms with E-state index in [2.05, 4.69) is 10.2 Å². The van der Waals surface area contributed by atoms with Crippen LogP contribution in [0.2, 0.25) is 0 Å². The molecule has 136 valence electrons. The largest absolute Gasteiger partial charge is 0.497 e. The van der Waals surface area contributed by atoms with Gasteiger partial charge in [-0.2, -0.15) is 0 Å². The first-order valence-corrected chi connectivity index (χ1v) is 10.3. The van der Waals surface area contributed by atoms with Crippen molar-refractivity contribution in [3.63, 3.8) is 0 Å². The lowest BCUT2D eigenvalue weighted by molar-refractivity contribution is 0.415. The number of aromatic nitrogens is 3. The zero-order valence-electron chi connectivity index (χ0n) is 14.3. The third kappa shape index (κ3) is 3.74. The van der Waals surface area contributed by atoms with Crippen LogP contribution in [0.3, 0.4) is 0 Å². The molecule has 0 bridgehead atoms. The predicted octanol–water partition coefficient (Wildman–Crippen LogP) is 2.70. The summed E-state index contributed by atoms with van der Waals surface area (Å²) in [5.41, 5.74) is 1.63. The molecule has 0 spiro atoms. The molecule has 3 aromatic rings. The molecule has 3 rings (SSSR count). The lowest BCUT2D eigenvalue weighted by Crippen LogP contribution is -2.12. The Balaban J connectivity index is 2.10. The normalized spacial score (nSPS) is 11.5. The van der Waals surface area contributed by atoms with Crippen LogP contribution in [0.1, 0.15) is 6.92 Å². The molecule has 0 fully saturated rings. The van der Waals surface area contributed by atoms with E-state index < -0.39 is 10.0 Å². The summed E-state index contributed by atoms with van der Waals surface area (Å²) >= 11 is 1.55. The van der Waals surface area contributed by atoms with E-state index in [9.17, 15) is 8.42 Å². The smallest absolute Gasteiger partial charge is 0.238 e. The molecule has 2 aromatic carbocycles. The first-order valence-electron chi connectivity index (χ1n) is 7.80. The van der Waals surface area contributed by atoms with Gasteiger partial charge in [0.1, 0.15) is 5.75 Å². The molecular weight excluding hydrogens is 372 g/mol. The molecule has 0 atom stereocenters. The molecule has 0 aliphatic carbocycles. The van der Waals surface area contributed by atoms with Gasteiger partial charge in [-0.15, -0.1) is 10.2 Å². The van der Waals surface area contributed by atoms with Gasteiger partial charge in [0, 0.05) is 11.3 Å². The van der Waals surface area contributed by atoms with E-state index in [1.807, 2.05) is 35.8 Å². The van der Waals surface area contributed by atoms with Gasteiger partial charge in [-0.3, -0.25) is 4.57 Å². The molecule has 0 unspecified atom stereocenters. The Morgan fingerprint density at radius 1 is 1.08 bits per heavy atom. The zero-order valence-corrected chi connectivity index (χ0v) is 15.9. The second-order valence-corrected chi connectivity index (χ2v) is 8.13. The van der Waals surface area contributed by atoms with Gasteiger partial charge in [0.05, 0.1) is 12.0 Å². The standard InChI is InChI=1S/C17H18N4O3S2/c1-3-25-17-20-19-16(12-4-8-14(24-2)9-5-12)21(17)13-6-10-15(11-7-13)26(18,22)23/h4-11H,3H2,1-2H3,(H2,18,22,23). The number of primary sulfonamides is 1. The van der Waals surface area contributed by atoms with Crippen molar-refractivity contribution in [2.75, 3.05) is 12.9 Å². The molecule has 0 amide bonds. The van der Waals surface area contributed by atoms with Crippen molar-refractivity contribution < 1.29 is 13.2 Å². The first kappa shape index (κ1) is 18.4. The highest BCUT2D eigenvalue weighted by Gasteiger charge is 2.17. The van der Waals surface area contributed by atoms with E-state index in [0.29, 0.717) is 5.82 Å². The van der Waals surface area contributed by atoms with Crippen molar-refractivity contribution in [3.05, 3.63) is 48.5 Å². The van der Waals surface area contributed by atoms with Gasteiger partial charge in [-0.25, -0.2) is 13.6 Å². The van der Waals surface area contributed by atoms with Crippen LogP contribution in [0.15, 0.2) is 58.6 Å². The van der Waals surface area contributed by atoms with Crippen molar-refractivity contribution in [2.45, 2.75) is 17.0 Å². The van der Waals surface area contributed by atoms with Gasteiger partial charge in [0.15, 0.2) is 11.0 Å². The van der Waals surface area contributed by atoms with Gasteiger partial charge in [-0.05, 0) is 54.3 Å². The minimum atomic E-state index is -3.74. The number of methoxy groups -OCH3 is 1. The SMILES string of the molecule is CCSc1nnc(-c2ccc(OC)cc2)n1-c1ccc(S(N)(=O)=O)cc1. The summed E-state index contributed by atoms with van der Waals surface area (Å²) in [5.74, 6) is 2.24. The Hall–Kier alpha value is -2.36. The van der Waals surface area contributed by atoms with Crippen molar-refractivity contribution in [2.24, 2.45) is 5.14 Å². The van der Waals surface area contributed by atoms with Crippen LogP contribution < -0.4 is 9.88 Å². The fourth-order valence-corrected chi connectivity index (χ4v) is 3.63. The van der Waals surface area contributed by atoms with Crippen molar-refractivity contribution in [1.29, 1.82) is 0 Å². The molecule has 0 saturated heterocycles. The van der Waals surface area contributed by atoms with Crippen LogP contribution in [0.5, 0.6) is 5.75 Å². The number of hydrogen-bond donors (Lipinski definition) is 1. The van der Waals surface area contributed by atoms with Crippen LogP contribution in [0, 0.1) is 0 Å². The summed E-state index contributed by atoms with van der Waals surface area (Å²) in [6.07, 6.45) is 0. The molecule has 2 N–H and O–H groups in total. The average molecular weight is 390 g/mol. The van der Waals surface area contributed by atoms with Crippen molar-refractivity contribution >= 4 is 21.8 Å². The Kier molecular flexibility index (Phi) is 5.30. The maximum Gasteiger partial charge on any atom is 0.238 e. The summed E-state index contributed by atoms with van der Waals surface area (Å²) in [6.45, 7) is 2.03. The maximum absolute atomic E-state index is 11.5. The molecule has 7 nitrogen and oxygen atoms in total. The lowest BCUT2D eigenvalue weighted by Gasteiger charge is -2.11. The number of rotatable bonds is 6. The van der Waals surface area contributed by atoms with Crippen LogP contribution in [-0.2, 0) is 10.0 Å². The van der Waals surface area contributed by atoms with Gasteiger partial charge < -0.3 is 4.74 Å². The van der Waals surface area contributed by atoms with Crippen molar-refractivity contribution in [1.82, 2.24) is 14.8 Å². The molecule has 0 aliphatic rings. The van der Waals surface area contributed by atoms with E-state index in [1.54, 1.807) is 31.0 Å². The maximum atomic E-state index is 11.5. The Morgan fingerprint density at radius 3 is 2.27 bits per heavy atom. The fourth-order valence-electron chi connectivity index (χ4n) is 2.44. The summed E-state index contributed by atoms with van der Waals surface area (Å²) in [4.78, 5) is 0.0602. The van der Waals surface area contributed by atoms with E-state index in [-0.39, 0.29) is 4.90 Å². The summed E-state index contributed by atoms with van der Waals surface area (Å²) in [6, 6.07) is 13.8. The number of benzene rings is 2. The van der Waals surface area contributed by atoms with Gasteiger partial charge in [0.2, 0.25) is 10.0 Å². The quantitative estimate of drug-likeness (QED) is 0.650. The highest BCUT2D eigenvalue weighted by atomic mass is 32.2. The summed E-state index contributed by atoms with van der Waals surface area (Å²) in [7, 11) is -2.13. The lowest BCUT2D eigenvalue weighted by atomic mass is 10.2. The molecule has 0 radical (unpaired) electrons. The molecule has 26 heavy (non-hydrogen) atoms. The Bertz CT molecular complexity index is 997. The van der Waals surface area contributed by atoms with Crippen LogP contribution in [0.4, 0.5) is 0 Å². The minimum absolute atomic E-state index is 0.0602. The highest BCUT2D eigenvalue weighted by molar-refractivity contribution is 7.99. The van der Waals surface area contributed by atoms with Crippen LogP contribution in [-0.4, -0.2) is 36.0 Å². The monoisotopic (exact) mass is 390 g/mol. The van der Waals surface area contributed by atoms with Gasteiger partial charge >= 0.3 is 0 Å². The number of thioether (sulfide) groups is 1. The minimum Gasteiger partial charge on any atom is -0.497 e. The zero-order chi connectivity index (χ0) is 18.7. The fraction of sp³-hybridized carbons (Fsp3) is 0.176. The average Bonchev–Trinajstić information content (AvgIpc) is 3.05. The van der Waals surface area contributed by atoms with E-state index >= 15 is 0 Å². The number of sulfonamides is 1. The number of hydrogen-bond acceptors (Lipinski definition) is 6. The first-order chi connectivity index (χ1) is 12.4. The van der Waals surface area contributed by atoms with E-state index in [0.717, 1.165) is 27.9 Å². The molecule has 9 heteroatoms. The van der Waals surface area contributed by atoms with Crippen LogP contribution >= 0.6 is 11.8 Å². The highest BCUT2D eigenvalue weighted by Crippen LogP contribution is 2.29.